The van der Waals surface area contributed by atoms with Crippen molar-refractivity contribution in [3.8, 4) is 5.75 Å². The maximum Gasteiger partial charge on any atom is 0.263 e. The second-order valence-corrected chi connectivity index (χ2v) is 7.07. The van der Waals surface area contributed by atoms with Crippen LogP contribution in [0.1, 0.15) is 15.9 Å². The fourth-order valence-corrected chi connectivity index (χ4v) is 3.76. The summed E-state index contributed by atoms with van der Waals surface area (Å²) in [6, 6.07) is 15.2. The first-order valence-electron chi connectivity index (χ1n) is 8.55. The quantitative estimate of drug-likeness (QED) is 0.494. The zero-order valence-electron chi connectivity index (χ0n) is 15.0. The van der Waals surface area contributed by atoms with E-state index < -0.39 is 11.7 Å². The molecular formula is C21H16FN3O2S. The van der Waals surface area contributed by atoms with E-state index in [0.29, 0.717) is 10.9 Å². The minimum atomic E-state index is -0.563. The van der Waals surface area contributed by atoms with E-state index in [1.54, 1.807) is 37.7 Å². The number of hydrogen-bond acceptors (Lipinski definition) is 5. The lowest BCUT2D eigenvalue weighted by atomic mass is 10.1. The van der Waals surface area contributed by atoms with Crippen LogP contribution >= 0.6 is 11.3 Å². The first kappa shape index (κ1) is 18.1. The third kappa shape index (κ3) is 3.57. The number of amides is 1. The number of anilines is 1. The van der Waals surface area contributed by atoms with Gasteiger partial charge in [0.25, 0.3) is 5.91 Å². The summed E-state index contributed by atoms with van der Waals surface area (Å²) in [6.45, 7) is 0.234. The smallest absolute Gasteiger partial charge is 0.263 e. The van der Waals surface area contributed by atoms with Gasteiger partial charge in [-0.05, 0) is 35.9 Å². The molecule has 0 saturated carbocycles. The Morgan fingerprint density at radius 3 is 2.79 bits per heavy atom. The lowest BCUT2D eigenvalue weighted by molar-refractivity contribution is 0.0981. The Labute approximate surface area is 165 Å². The molecule has 0 fully saturated rings. The van der Waals surface area contributed by atoms with E-state index in [1.807, 2.05) is 24.3 Å². The molecule has 0 aliphatic carbocycles. The standard InChI is InChI=1S/C21H16FN3O2S/c1-27-15-8-9-19-18(11-15)24-21(28-19)25(13-14-5-4-10-23-12-14)20(26)16-6-2-3-7-17(16)22/h2-12H,13H2,1H3. The number of thiazole rings is 1. The average molecular weight is 393 g/mol. The summed E-state index contributed by atoms with van der Waals surface area (Å²) in [7, 11) is 1.59. The van der Waals surface area contributed by atoms with Gasteiger partial charge in [-0.3, -0.25) is 14.7 Å². The van der Waals surface area contributed by atoms with E-state index in [0.717, 1.165) is 15.8 Å². The highest BCUT2D eigenvalue weighted by atomic mass is 32.1. The second kappa shape index (κ2) is 7.74. The fraction of sp³-hybridized carbons (Fsp3) is 0.0952. The van der Waals surface area contributed by atoms with E-state index in [2.05, 4.69) is 9.97 Å². The number of benzene rings is 2. The van der Waals surface area contributed by atoms with Gasteiger partial charge in [0.15, 0.2) is 5.13 Å². The summed E-state index contributed by atoms with van der Waals surface area (Å²) in [4.78, 5) is 23.4. The van der Waals surface area contributed by atoms with Crippen LogP contribution in [0, 0.1) is 5.82 Å². The van der Waals surface area contributed by atoms with Crippen LogP contribution in [0.5, 0.6) is 5.75 Å². The summed E-state index contributed by atoms with van der Waals surface area (Å²) < 4.78 is 20.4. The Hall–Kier alpha value is -3.32. The number of carbonyl (C=O) groups excluding carboxylic acids is 1. The molecule has 0 spiro atoms. The molecule has 0 N–H and O–H groups in total. The Bertz CT molecular complexity index is 1130. The molecule has 140 valence electrons. The summed E-state index contributed by atoms with van der Waals surface area (Å²) in [5.74, 6) is -0.331. The number of hydrogen-bond donors (Lipinski definition) is 0. The van der Waals surface area contributed by atoms with Gasteiger partial charge in [-0.25, -0.2) is 9.37 Å². The van der Waals surface area contributed by atoms with Crippen molar-refractivity contribution in [1.82, 2.24) is 9.97 Å². The lowest BCUT2D eigenvalue weighted by Crippen LogP contribution is -2.31. The SMILES string of the molecule is COc1ccc2sc(N(Cc3cccnc3)C(=O)c3ccccc3F)nc2c1. The third-order valence-electron chi connectivity index (χ3n) is 4.23. The van der Waals surface area contributed by atoms with Gasteiger partial charge in [0.05, 0.1) is 29.4 Å². The molecule has 4 rings (SSSR count). The van der Waals surface area contributed by atoms with Gasteiger partial charge in [-0.1, -0.05) is 29.5 Å². The number of aromatic nitrogens is 2. The number of rotatable bonds is 5. The highest BCUT2D eigenvalue weighted by Crippen LogP contribution is 2.33. The van der Waals surface area contributed by atoms with Crippen LogP contribution in [-0.4, -0.2) is 23.0 Å². The maximum atomic E-state index is 14.3. The van der Waals surface area contributed by atoms with Crippen molar-refractivity contribution in [2.75, 3.05) is 12.0 Å². The number of fused-ring (bicyclic) bond motifs is 1. The van der Waals surface area contributed by atoms with E-state index in [4.69, 9.17) is 4.74 Å². The van der Waals surface area contributed by atoms with Gasteiger partial charge < -0.3 is 4.74 Å². The Kier molecular flexibility index (Phi) is 4.99. The molecule has 2 heterocycles. The second-order valence-electron chi connectivity index (χ2n) is 6.06. The molecule has 0 aliphatic rings. The Balaban J connectivity index is 1.78. The maximum absolute atomic E-state index is 14.3. The normalized spacial score (nSPS) is 10.8. The van der Waals surface area contributed by atoms with E-state index in [-0.39, 0.29) is 12.1 Å². The van der Waals surface area contributed by atoms with E-state index >= 15 is 0 Å². The molecule has 28 heavy (non-hydrogen) atoms. The predicted octanol–water partition coefficient (Wildman–Crippen LogP) is 4.69. The number of ether oxygens (including phenoxy) is 1. The first-order valence-corrected chi connectivity index (χ1v) is 9.37. The Morgan fingerprint density at radius 1 is 1.18 bits per heavy atom. The predicted molar refractivity (Wildman–Crippen MR) is 107 cm³/mol. The molecule has 1 amide bonds. The van der Waals surface area contributed by atoms with Gasteiger partial charge >= 0.3 is 0 Å². The number of methoxy groups -OCH3 is 1. The van der Waals surface area contributed by atoms with E-state index in [9.17, 15) is 9.18 Å². The lowest BCUT2D eigenvalue weighted by Gasteiger charge is -2.20. The minimum absolute atomic E-state index is 0.00299. The van der Waals surface area contributed by atoms with Gasteiger partial charge in [0.1, 0.15) is 11.6 Å². The van der Waals surface area contributed by atoms with Crippen molar-refractivity contribution < 1.29 is 13.9 Å². The fourth-order valence-electron chi connectivity index (χ4n) is 2.82. The first-order chi connectivity index (χ1) is 13.7. The summed E-state index contributed by atoms with van der Waals surface area (Å²) in [5.41, 5.74) is 1.55. The molecule has 0 aliphatic heterocycles. The zero-order valence-corrected chi connectivity index (χ0v) is 15.8. The van der Waals surface area contributed by atoms with Crippen molar-refractivity contribution in [2.24, 2.45) is 0 Å². The van der Waals surface area contributed by atoms with Crippen LogP contribution in [0.15, 0.2) is 67.0 Å². The van der Waals surface area contributed by atoms with Crippen molar-refractivity contribution in [3.05, 3.63) is 83.9 Å². The van der Waals surface area contributed by atoms with Gasteiger partial charge in [-0.15, -0.1) is 0 Å². The van der Waals surface area contributed by atoms with Gasteiger partial charge in [-0.2, -0.15) is 0 Å². The van der Waals surface area contributed by atoms with E-state index in [1.165, 1.54) is 28.4 Å². The zero-order chi connectivity index (χ0) is 19.5. The summed E-state index contributed by atoms with van der Waals surface area (Å²) in [5, 5.41) is 0.486. The van der Waals surface area contributed by atoms with Crippen molar-refractivity contribution in [1.29, 1.82) is 0 Å². The molecule has 0 saturated heterocycles. The monoisotopic (exact) mass is 393 g/mol. The topological polar surface area (TPSA) is 55.3 Å². The van der Waals surface area contributed by atoms with Gasteiger partial charge in [0.2, 0.25) is 0 Å². The molecule has 2 aromatic carbocycles. The number of carbonyl (C=O) groups is 1. The van der Waals surface area contributed by atoms with Crippen LogP contribution in [0.4, 0.5) is 9.52 Å². The molecular weight excluding hydrogens is 377 g/mol. The Morgan fingerprint density at radius 2 is 2.04 bits per heavy atom. The van der Waals surface area contributed by atoms with Crippen LogP contribution in [-0.2, 0) is 6.54 Å². The highest BCUT2D eigenvalue weighted by Gasteiger charge is 2.24. The molecule has 0 bridgehead atoms. The number of halogens is 1. The molecule has 0 atom stereocenters. The summed E-state index contributed by atoms with van der Waals surface area (Å²) in [6.07, 6.45) is 3.34. The molecule has 7 heteroatoms. The van der Waals surface area contributed by atoms with Crippen molar-refractivity contribution in [3.63, 3.8) is 0 Å². The third-order valence-corrected chi connectivity index (χ3v) is 5.29. The van der Waals surface area contributed by atoms with Crippen LogP contribution in [0.3, 0.4) is 0 Å². The highest BCUT2D eigenvalue weighted by molar-refractivity contribution is 7.22. The number of pyridine rings is 1. The van der Waals surface area contributed by atoms with Crippen molar-refractivity contribution >= 4 is 32.6 Å². The van der Waals surface area contributed by atoms with Crippen LogP contribution in [0.2, 0.25) is 0 Å². The minimum Gasteiger partial charge on any atom is -0.497 e. The molecule has 5 nitrogen and oxygen atoms in total. The summed E-state index contributed by atoms with van der Waals surface area (Å²) >= 11 is 1.37. The van der Waals surface area contributed by atoms with Crippen LogP contribution in [0.25, 0.3) is 10.2 Å². The molecule has 2 aromatic heterocycles. The molecule has 0 unspecified atom stereocenters. The van der Waals surface area contributed by atoms with Gasteiger partial charge in [0, 0.05) is 18.5 Å². The number of nitrogens with zero attached hydrogens (tertiary/aromatic N) is 3. The molecule has 4 aromatic rings. The largest absolute Gasteiger partial charge is 0.497 e. The average Bonchev–Trinajstić information content (AvgIpc) is 3.15. The molecule has 0 radical (unpaired) electrons. The van der Waals surface area contributed by atoms with Crippen molar-refractivity contribution in [2.45, 2.75) is 6.54 Å². The van der Waals surface area contributed by atoms with Crippen LogP contribution < -0.4 is 9.64 Å².